The third-order valence-electron chi connectivity index (χ3n) is 3.91. The molecule has 1 heterocycles. The number of carbonyl (C=O) groups excluding carboxylic acids is 1. The summed E-state index contributed by atoms with van der Waals surface area (Å²) >= 11 is 0. The lowest BCUT2D eigenvalue weighted by molar-refractivity contribution is -0.125. The van der Waals surface area contributed by atoms with Crippen molar-refractivity contribution in [3.8, 4) is 6.07 Å². The zero-order chi connectivity index (χ0) is 18.5. The van der Waals surface area contributed by atoms with Crippen LogP contribution in [-0.4, -0.2) is 27.8 Å². The van der Waals surface area contributed by atoms with E-state index in [2.05, 4.69) is 16.0 Å². The number of nitrogens with one attached hydrogen (secondary N) is 1. The zero-order valence-electron chi connectivity index (χ0n) is 14.1. The Kier molecular flexibility index (Phi) is 4.90. The van der Waals surface area contributed by atoms with Gasteiger partial charge in [-0.2, -0.15) is 5.26 Å². The number of fused-ring (bicyclic) bond motifs is 1. The molecule has 0 unspecified atom stereocenters. The second kappa shape index (κ2) is 7.45. The number of likely N-dealkylation sites (N-methyl/N-ethyl adjacent to an activating group) is 1. The van der Waals surface area contributed by atoms with Gasteiger partial charge in [-0.1, -0.05) is 30.3 Å². The molecule has 26 heavy (non-hydrogen) atoms. The highest BCUT2D eigenvalue weighted by Crippen LogP contribution is 2.10. The van der Waals surface area contributed by atoms with Crippen LogP contribution in [0.15, 0.2) is 59.4 Å². The summed E-state index contributed by atoms with van der Waals surface area (Å²) in [6.45, 7) is 0.170. The van der Waals surface area contributed by atoms with Crippen molar-refractivity contribution in [2.45, 2.75) is 6.54 Å². The number of benzene rings is 2. The topological polar surface area (TPSA) is 89.8 Å². The Morgan fingerprint density at radius 2 is 1.96 bits per heavy atom. The van der Waals surface area contributed by atoms with Gasteiger partial charge < -0.3 is 9.88 Å². The van der Waals surface area contributed by atoms with Gasteiger partial charge in [0.1, 0.15) is 5.82 Å². The van der Waals surface area contributed by atoms with Crippen molar-refractivity contribution in [3.63, 3.8) is 0 Å². The molecule has 128 valence electrons. The predicted molar refractivity (Wildman–Crippen MR) is 99.0 cm³/mol. The first kappa shape index (κ1) is 17.1. The largest absolute Gasteiger partial charge is 0.335 e. The number of aromatic amines is 1. The summed E-state index contributed by atoms with van der Waals surface area (Å²) in [5.41, 5.74) is 1.53. The molecule has 0 radical (unpaired) electrons. The number of H-pyrrole nitrogens is 1. The van der Waals surface area contributed by atoms with Crippen LogP contribution in [0.4, 0.5) is 0 Å². The van der Waals surface area contributed by atoms with Crippen LogP contribution in [0.5, 0.6) is 0 Å². The highest BCUT2D eigenvalue weighted by atomic mass is 16.2. The van der Waals surface area contributed by atoms with Gasteiger partial charge in [0, 0.05) is 13.1 Å². The fraction of sp³-hybridized carbons (Fsp3) is 0.100. The van der Waals surface area contributed by atoms with Crippen LogP contribution < -0.4 is 5.56 Å². The van der Waals surface area contributed by atoms with Crippen LogP contribution in [0.1, 0.15) is 17.0 Å². The highest BCUT2D eigenvalue weighted by Gasteiger charge is 2.10. The summed E-state index contributed by atoms with van der Waals surface area (Å²) in [5, 5.41) is 9.59. The molecule has 0 spiro atoms. The Morgan fingerprint density at radius 1 is 1.23 bits per heavy atom. The average molecular weight is 344 g/mol. The summed E-state index contributed by atoms with van der Waals surface area (Å²) in [4.78, 5) is 32.9. The van der Waals surface area contributed by atoms with Gasteiger partial charge in [0.15, 0.2) is 0 Å². The van der Waals surface area contributed by atoms with Crippen molar-refractivity contribution >= 4 is 22.9 Å². The molecule has 0 aliphatic rings. The average Bonchev–Trinajstić information content (AvgIpc) is 2.66. The van der Waals surface area contributed by atoms with Crippen LogP contribution in [-0.2, 0) is 11.3 Å². The monoisotopic (exact) mass is 344 g/mol. The van der Waals surface area contributed by atoms with E-state index in [1.165, 1.54) is 11.0 Å². The van der Waals surface area contributed by atoms with E-state index in [1.807, 2.05) is 6.07 Å². The normalized spacial score (nSPS) is 10.8. The molecule has 0 saturated carbocycles. The van der Waals surface area contributed by atoms with Crippen LogP contribution in [0.25, 0.3) is 17.0 Å². The van der Waals surface area contributed by atoms with Gasteiger partial charge in [0.2, 0.25) is 5.91 Å². The van der Waals surface area contributed by atoms with Gasteiger partial charge in [0.25, 0.3) is 5.56 Å². The number of rotatable bonds is 4. The summed E-state index contributed by atoms with van der Waals surface area (Å²) in [7, 11) is 1.62. The van der Waals surface area contributed by atoms with Crippen molar-refractivity contribution < 1.29 is 4.79 Å². The standard InChI is InChI=1S/C20H16N4O2/c1-24(19(25)11-10-14-6-2-3-7-15(14)12-21)13-18-22-17-9-5-4-8-16(17)20(26)23-18/h2-11H,13H2,1H3,(H,22,23,26)/b11-10+. The molecule has 6 nitrogen and oxygen atoms in total. The van der Waals surface area contributed by atoms with Gasteiger partial charge in [-0.15, -0.1) is 0 Å². The van der Waals surface area contributed by atoms with Crippen molar-refractivity contribution in [2.75, 3.05) is 7.05 Å². The number of carbonyl (C=O) groups is 1. The lowest BCUT2D eigenvalue weighted by Gasteiger charge is -2.14. The molecule has 0 bridgehead atoms. The minimum atomic E-state index is -0.256. The van der Waals surface area contributed by atoms with E-state index in [4.69, 9.17) is 5.26 Å². The van der Waals surface area contributed by atoms with Crippen molar-refractivity contribution in [2.24, 2.45) is 0 Å². The molecule has 0 saturated heterocycles. The Labute approximate surface area is 150 Å². The van der Waals surface area contributed by atoms with Crippen LogP contribution >= 0.6 is 0 Å². The Balaban J connectivity index is 1.76. The van der Waals surface area contributed by atoms with Crippen molar-refractivity contribution in [1.29, 1.82) is 5.26 Å². The molecule has 1 N–H and O–H groups in total. The Hall–Kier alpha value is -3.72. The molecule has 6 heteroatoms. The lowest BCUT2D eigenvalue weighted by atomic mass is 10.1. The minimum absolute atomic E-state index is 0.170. The van der Waals surface area contributed by atoms with E-state index in [0.717, 1.165) is 0 Å². The number of aromatic nitrogens is 2. The summed E-state index contributed by atoms with van der Waals surface area (Å²) < 4.78 is 0. The third-order valence-corrected chi connectivity index (χ3v) is 3.91. The van der Waals surface area contributed by atoms with Crippen LogP contribution in [0.2, 0.25) is 0 Å². The summed E-state index contributed by atoms with van der Waals surface area (Å²) in [6, 6.07) is 16.2. The number of hydrogen-bond donors (Lipinski definition) is 1. The molecule has 2 aromatic carbocycles. The van der Waals surface area contributed by atoms with Gasteiger partial charge in [0.05, 0.1) is 29.1 Å². The fourth-order valence-corrected chi connectivity index (χ4v) is 2.54. The number of nitrogens with zero attached hydrogens (tertiary/aromatic N) is 3. The Bertz CT molecular complexity index is 1090. The van der Waals surface area contributed by atoms with E-state index in [9.17, 15) is 9.59 Å². The molecule has 0 fully saturated rings. The van der Waals surface area contributed by atoms with Crippen molar-refractivity contribution in [1.82, 2.24) is 14.9 Å². The van der Waals surface area contributed by atoms with Crippen molar-refractivity contribution in [3.05, 3.63) is 81.9 Å². The van der Waals surface area contributed by atoms with Gasteiger partial charge in [-0.25, -0.2) is 4.98 Å². The fourth-order valence-electron chi connectivity index (χ4n) is 2.54. The first-order valence-electron chi connectivity index (χ1n) is 7.99. The zero-order valence-corrected chi connectivity index (χ0v) is 14.1. The second-order valence-electron chi connectivity index (χ2n) is 5.76. The maximum absolute atomic E-state index is 12.3. The van der Waals surface area contributed by atoms with E-state index >= 15 is 0 Å². The third kappa shape index (κ3) is 3.68. The van der Waals surface area contributed by atoms with E-state index in [-0.39, 0.29) is 18.0 Å². The van der Waals surface area contributed by atoms with E-state index in [0.29, 0.717) is 27.9 Å². The summed E-state index contributed by atoms with van der Waals surface area (Å²) in [5.74, 6) is 0.156. The molecule has 1 aromatic heterocycles. The maximum atomic E-state index is 12.3. The first-order chi connectivity index (χ1) is 12.6. The number of nitriles is 1. The second-order valence-corrected chi connectivity index (χ2v) is 5.76. The molecular formula is C20H16N4O2. The molecule has 3 rings (SSSR count). The van der Waals surface area contributed by atoms with Crippen LogP contribution in [0.3, 0.4) is 0 Å². The molecule has 0 aliphatic heterocycles. The Morgan fingerprint density at radius 3 is 2.77 bits per heavy atom. The smallest absolute Gasteiger partial charge is 0.258 e. The quantitative estimate of drug-likeness (QED) is 0.736. The SMILES string of the molecule is CN(Cc1nc2ccccc2c(=O)[nH]1)C(=O)/C=C/c1ccccc1C#N. The van der Waals surface area contributed by atoms with E-state index < -0.39 is 0 Å². The molecule has 3 aromatic rings. The molecular weight excluding hydrogens is 328 g/mol. The summed E-state index contributed by atoms with van der Waals surface area (Å²) in [6.07, 6.45) is 3.00. The van der Waals surface area contributed by atoms with Gasteiger partial charge >= 0.3 is 0 Å². The predicted octanol–water partition coefficient (Wildman–Crippen LogP) is 2.47. The number of amides is 1. The maximum Gasteiger partial charge on any atom is 0.258 e. The lowest BCUT2D eigenvalue weighted by Crippen LogP contribution is -2.26. The van der Waals surface area contributed by atoms with Crippen LogP contribution in [0, 0.1) is 11.3 Å². The van der Waals surface area contributed by atoms with Gasteiger partial charge in [-0.05, 0) is 29.8 Å². The molecule has 1 amide bonds. The van der Waals surface area contributed by atoms with E-state index in [1.54, 1.807) is 55.6 Å². The molecule has 0 atom stereocenters. The minimum Gasteiger partial charge on any atom is -0.335 e. The highest BCUT2D eigenvalue weighted by molar-refractivity contribution is 5.92. The first-order valence-corrected chi connectivity index (χ1v) is 7.99. The number of para-hydroxylation sites is 1. The number of hydrogen-bond acceptors (Lipinski definition) is 4. The molecule has 0 aliphatic carbocycles. The van der Waals surface area contributed by atoms with Gasteiger partial charge in [-0.3, -0.25) is 9.59 Å².